The minimum atomic E-state index is -4.58. The molecule has 0 aliphatic rings. The lowest BCUT2D eigenvalue weighted by atomic mass is 9.87. The van der Waals surface area contributed by atoms with E-state index in [1.807, 2.05) is 0 Å². The lowest BCUT2D eigenvalue weighted by molar-refractivity contribution is -0.137. The molecule has 1 N–H and O–H groups in total. The maximum Gasteiger partial charge on any atom is 0.416 e. The van der Waals surface area contributed by atoms with E-state index in [0.29, 0.717) is 17.7 Å². The number of Topliss-reactive ketones (excluding diaryl/α,β-unsaturated/α-hetero) is 1. The van der Waals surface area contributed by atoms with Crippen LogP contribution >= 0.6 is 0 Å². The van der Waals surface area contributed by atoms with Gasteiger partial charge in [-0.05, 0) is 29.8 Å². The molecule has 1 aromatic heterocycles. The summed E-state index contributed by atoms with van der Waals surface area (Å²) in [6, 6.07) is 8.04. The van der Waals surface area contributed by atoms with Crippen molar-refractivity contribution in [3.63, 3.8) is 0 Å². The molecule has 9 heteroatoms. The van der Waals surface area contributed by atoms with E-state index < -0.39 is 41.3 Å². The molecule has 1 heterocycles. The molecule has 2 aromatic carbocycles. The van der Waals surface area contributed by atoms with Crippen LogP contribution < -0.4 is 0 Å². The number of nitrogens with zero attached hydrogens (tertiary/aromatic N) is 2. The third-order valence-corrected chi connectivity index (χ3v) is 3.99. The second-order valence-corrected chi connectivity index (χ2v) is 5.84. The van der Waals surface area contributed by atoms with Gasteiger partial charge in [-0.25, -0.2) is 13.8 Å². The van der Waals surface area contributed by atoms with Gasteiger partial charge in [-0.3, -0.25) is 9.89 Å². The molecule has 1 unspecified atom stereocenters. The first-order chi connectivity index (χ1) is 12.7. The Kier molecular flexibility index (Phi) is 4.77. The van der Waals surface area contributed by atoms with Crippen molar-refractivity contribution in [2.75, 3.05) is 0 Å². The molecule has 0 spiro atoms. The van der Waals surface area contributed by atoms with Crippen LogP contribution in [-0.4, -0.2) is 21.0 Å². The number of carbonyl (C=O) groups excluding carboxylic acids is 1. The first-order valence-corrected chi connectivity index (χ1v) is 7.71. The van der Waals surface area contributed by atoms with Gasteiger partial charge in [-0.1, -0.05) is 24.3 Å². The summed E-state index contributed by atoms with van der Waals surface area (Å²) in [4.78, 5) is 16.5. The predicted molar refractivity (Wildman–Crippen MR) is 85.0 cm³/mol. The molecule has 0 saturated heterocycles. The molecule has 4 nitrogen and oxygen atoms in total. The Labute approximate surface area is 150 Å². The zero-order valence-corrected chi connectivity index (χ0v) is 13.6. The number of alkyl halides is 4. The molecule has 3 aromatic rings. The maximum absolute atomic E-state index is 15.8. The Balaban J connectivity index is 1.98. The van der Waals surface area contributed by atoms with Gasteiger partial charge in [0.15, 0.2) is 5.82 Å². The summed E-state index contributed by atoms with van der Waals surface area (Å²) in [5.41, 5.74) is -3.63. The summed E-state index contributed by atoms with van der Waals surface area (Å²) >= 11 is 0. The number of carbonyl (C=O) groups is 1. The predicted octanol–water partition coefficient (Wildman–Crippen LogP) is 4.25. The Morgan fingerprint density at radius 3 is 2.11 bits per heavy atom. The second-order valence-electron chi connectivity index (χ2n) is 5.84. The summed E-state index contributed by atoms with van der Waals surface area (Å²) in [5, 5.41) is 5.81. The maximum atomic E-state index is 15.8. The van der Waals surface area contributed by atoms with Gasteiger partial charge < -0.3 is 0 Å². The molecule has 0 fully saturated rings. The van der Waals surface area contributed by atoms with Gasteiger partial charge in [0, 0.05) is 12.0 Å². The summed E-state index contributed by atoms with van der Waals surface area (Å²) in [5.74, 6) is -2.01. The minimum absolute atomic E-state index is 0.260. The summed E-state index contributed by atoms with van der Waals surface area (Å²) < 4.78 is 66.9. The van der Waals surface area contributed by atoms with Crippen molar-refractivity contribution in [2.24, 2.45) is 0 Å². The van der Waals surface area contributed by atoms with Crippen LogP contribution in [0, 0.1) is 5.82 Å². The summed E-state index contributed by atoms with van der Waals surface area (Å²) in [6.45, 7) is 0. The molecular formula is C18H12F5N3O. The highest BCUT2D eigenvalue weighted by Gasteiger charge is 2.44. The largest absolute Gasteiger partial charge is 0.416 e. The van der Waals surface area contributed by atoms with Crippen molar-refractivity contribution in [1.29, 1.82) is 0 Å². The highest BCUT2D eigenvalue weighted by Crippen LogP contribution is 2.34. The van der Waals surface area contributed by atoms with Crippen LogP contribution in [0.1, 0.15) is 27.3 Å². The van der Waals surface area contributed by atoms with E-state index in [2.05, 4.69) is 15.2 Å². The minimum Gasteiger partial charge on any atom is -0.290 e. The number of benzene rings is 2. The molecule has 140 valence electrons. The van der Waals surface area contributed by atoms with E-state index in [1.54, 1.807) is 0 Å². The van der Waals surface area contributed by atoms with Crippen molar-refractivity contribution < 1.29 is 26.7 Å². The number of hydrogen-bond acceptors (Lipinski definition) is 3. The average Bonchev–Trinajstić information content (AvgIpc) is 3.18. The smallest absolute Gasteiger partial charge is 0.290 e. The topological polar surface area (TPSA) is 58.6 Å². The number of rotatable bonds is 5. The Bertz CT molecular complexity index is 921. The van der Waals surface area contributed by atoms with E-state index >= 15 is 4.39 Å². The highest BCUT2D eigenvalue weighted by atomic mass is 19.4. The second kappa shape index (κ2) is 6.90. The summed E-state index contributed by atoms with van der Waals surface area (Å²) in [6.07, 6.45) is -4.07. The molecule has 0 aliphatic heterocycles. The number of aromatic amines is 1. The van der Waals surface area contributed by atoms with Gasteiger partial charge >= 0.3 is 6.18 Å². The van der Waals surface area contributed by atoms with Crippen LogP contribution in [0.5, 0.6) is 0 Å². The SMILES string of the molecule is O=C(c1ccc(C(F)(F)F)cc1)C(F)(Cc1ccc(F)cc1)c1ncn[nH]1. The number of H-pyrrole nitrogens is 1. The molecule has 27 heavy (non-hydrogen) atoms. The monoisotopic (exact) mass is 381 g/mol. The Hall–Kier alpha value is -3.10. The van der Waals surface area contributed by atoms with E-state index in [1.165, 1.54) is 12.1 Å². The van der Waals surface area contributed by atoms with Crippen LogP contribution in [0.4, 0.5) is 22.0 Å². The van der Waals surface area contributed by atoms with Gasteiger partial charge in [0.1, 0.15) is 12.1 Å². The van der Waals surface area contributed by atoms with Gasteiger partial charge in [-0.2, -0.15) is 18.3 Å². The van der Waals surface area contributed by atoms with E-state index in [4.69, 9.17) is 0 Å². The fourth-order valence-electron chi connectivity index (χ4n) is 2.59. The molecule has 0 amide bonds. The first-order valence-electron chi connectivity index (χ1n) is 7.71. The van der Waals surface area contributed by atoms with Crippen LogP contribution in [0.3, 0.4) is 0 Å². The van der Waals surface area contributed by atoms with Crippen molar-refractivity contribution in [1.82, 2.24) is 15.2 Å². The first kappa shape index (κ1) is 18.7. The normalized spacial score (nSPS) is 14.0. The molecule has 0 radical (unpaired) electrons. The molecule has 0 bridgehead atoms. The third-order valence-electron chi connectivity index (χ3n) is 3.99. The molecule has 1 atom stereocenters. The standard InChI is InChI=1S/C18H12F5N3O/c19-14-7-1-11(2-8-14)9-17(20,16-24-10-25-26-16)15(27)12-3-5-13(6-4-12)18(21,22)23/h1-8,10H,9H2,(H,24,25,26). The fourth-order valence-corrected chi connectivity index (χ4v) is 2.59. The number of ketones is 1. The number of hydrogen-bond donors (Lipinski definition) is 1. The number of aromatic nitrogens is 3. The van der Waals surface area contributed by atoms with Crippen molar-refractivity contribution >= 4 is 5.78 Å². The van der Waals surface area contributed by atoms with Crippen LogP contribution in [0.2, 0.25) is 0 Å². The number of nitrogens with one attached hydrogen (secondary N) is 1. The summed E-state index contributed by atoms with van der Waals surface area (Å²) in [7, 11) is 0. The highest BCUT2D eigenvalue weighted by molar-refractivity contribution is 6.02. The van der Waals surface area contributed by atoms with E-state index in [9.17, 15) is 22.4 Å². The van der Waals surface area contributed by atoms with Crippen LogP contribution in [0.15, 0.2) is 54.9 Å². The van der Waals surface area contributed by atoms with Gasteiger partial charge in [-0.15, -0.1) is 0 Å². The Morgan fingerprint density at radius 2 is 1.59 bits per heavy atom. The molecule has 0 aliphatic carbocycles. The van der Waals surface area contributed by atoms with Crippen molar-refractivity contribution in [2.45, 2.75) is 18.3 Å². The van der Waals surface area contributed by atoms with Gasteiger partial charge in [0.2, 0.25) is 11.5 Å². The third kappa shape index (κ3) is 3.86. The van der Waals surface area contributed by atoms with Gasteiger partial charge in [0.25, 0.3) is 0 Å². The molecular weight excluding hydrogens is 369 g/mol. The lowest BCUT2D eigenvalue weighted by Crippen LogP contribution is -2.35. The lowest BCUT2D eigenvalue weighted by Gasteiger charge is -2.22. The van der Waals surface area contributed by atoms with Crippen molar-refractivity contribution in [3.8, 4) is 0 Å². The van der Waals surface area contributed by atoms with Crippen LogP contribution in [0.25, 0.3) is 0 Å². The van der Waals surface area contributed by atoms with Gasteiger partial charge in [0.05, 0.1) is 5.56 Å². The zero-order chi connectivity index (χ0) is 19.7. The molecule has 0 saturated carbocycles. The quantitative estimate of drug-likeness (QED) is 0.531. The van der Waals surface area contributed by atoms with Crippen molar-refractivity contribution in [3.05, 3.63) is 83.2 Å². The average molecular weight is 381 g/mol. The Morgan fingerprint density at radius 1 is 0.963 bits per heavy atom. The fraction of sp³-hybridized carbons (Fsp3) is 0.167. The zero-order valence-electron chi connectivity index (χ0n) is 13.6. The van der Waals surface area contributed by atoms with Crippen LogP contribution in [-0.2, 0) is 18.3 Å². The number of halogens is 5. The van der Waals surface area contributed by atoms with E-state index in [0.717, 1.165) is 30.6 Å². The van der Waals surface area contributed by atoms with E-state index in [-0.39, 0.29) is 5.56 Å². The molecule has 3 rings (SSSR count).